The molecule has 66 valence electrons. The molecule has 1 aromatic carbocycles. The summed E-state index contributed by atoms with van der Waals surface area (Å²) >= 11 is -5.66. The molecule has 0 radical (unpaired) electrons. The van der Waals surface area contributed by atoms with Gasteiger partial charge < -0.3 is 0 Å². The second-order valence-electron chi connectivity index (χ2n) is 2.21. The van der Waals surface area contributed by atoms with E-state index < -0.39 is 20.1 Å². The molecule has 0 N–H and O–H groups in total. The first kappa shape index (κ1) is 18.1. The van der Waals surface area contributed by atoms with Gasteiger partial charge in [-0.3, -0.25) is 0 Å². The molecule has 0 aliphatic carbocycles. The van der Waals surface area contributed by atoms with E-state index in [2.05, 4.69) is 3.02 Å². The van der Waals surface area contributed by atoms with E-state index in [0.717, 1.165) is 0 Å². The minimum absolute atomic E-state index is 0. The van der Waals surface area contributed by atoms with Crippen LogP contribution in [0.4, 0.5) is 0 Å². The molecule has 0 unspecified atom stereocenters. The van der Waals surface area contributed by atoms with Crippen molar-refractivity contribution in [1.29, 1.82) is 0 Å². The Labute approximate surface area is 132 Å². The van der Waals surface area contributed by atoms with Gasteiger partial charge in [-0.05, 0) is 0 Å². The van der Waals surface area contributed by atoms with Gasteiger partial charge in [0.1, 0.15) is 0 Å². The summed E-state index contributed by atoms with van der Waals surface area (Å²) in [6.07, 6.45) is 0. The Balaban J connectivity index is 0. The third kappa shape index (κ3) is 8.98. The number of benzene rings is 1. The molecule has 1 rings (SSSR count). The molecule has 0 aliphatic heterocycles. The SMILES string of the molecule is [Na+].[Na+].[O]=[Sb]([O-])([O-])[O]Cc1ccccc1. The van der Waals surface area contributed by atoms with Crippen LogP contribution in [0.15, 0.2) is 30.3 Å². The molecule has 1 aromatic rings. The van der Waals surface area contributed by atoms with E-state index in [4.69, 9.17) is 0 Å². The van der Waals surface area contributed by atoms with Crippen LogP contribution in [0.3, 0.4) is 0 Å². The standard InChI is InChI=1S/C7H7O.2Na.3O.Sb/c8-6-7-4-2-1-3-5-7;;;;;;/h1-5H,6H2;;;;;;/q-1;2*+1;;2*-1;+1. The Hall–Kier alpha value is 1.72. The Morgan fingerprint density at radius 1 is 1.14 bits per heavy atom. The molecule has 0 bridgehead atoms. The fraction of sp³-hybridized carbons (Fsp3) is 0.143. The summed E-state index contributed by atoms with van der Waals surface area (Å²) < 4.78 is 34.6. The fourth-order valence-corrected chi connectivity index (χ4v) is 1.60. The minimum atomic E-state index is -5.66. The average Bonchev–Trinajstić information content (AvgIpc) is 2.02. The molecular formula is C7H7Na2O4Sb. The van der Waals surface area contributed by atoms with Crippen LogP contribution >= 0.6 is 0 Å². The Bertz CT molecular complexity index is 287. The van der Waals surface area contributed by atoms with E-state index in [0.29, 0.717) is 5.56 Å². The van der Waals surface area contributed by atoms with Crippen molar-refractivity contribution in [3.8, 4) is 0 Å². The van der Waals surface area contributed by atoms with Gasteiger partial charge in [-0.2, -0.15) is 0 Å². The van der Waals surface area contributed by atoms with E-state index >= 15 is 0 Å². The van der Waals surface area contributed by atoms with Crippen LogP contribution < -0.4 is 65.9 Å². The van der Waals surface area contributed by atoms with Crippen LogP contribution in [0, 0.1) is 0 Å². The predicted molar refractivity (Wildman–Crippen MR) is 37.7 cm³/mol. The van der Waals surface area contributed by atoms with E-state index in [-0.39, 0.29) is 65.7 Å². The van der Waals surface area contributed by atoms with Gasteiger partial charge >= 0.3 is 134 Å². The molecule has 0 spiro atoms. The quantitative estimate of drug-likeness (QED) is 0.518. The van der Waals surface area contributed by atoms with Crippen LogP contribution in [-0.4, -0.2) is 20.1 Å². The molecular weight excluding hydrogens is 316 g/mol. The van der Waals surface area contributed by atoms with E-state index in [1.165, 1.54) is 0 Å². The van der Waals surface area contributed by atoms with Gasteiger partial charge in [-0.1, -0.05) is 0 Å². The van der Waals surface area contributed by atoms with Crippen molar-refractivity contribution in [3.63, 3.8) is 0 Å². The summed E-state index contributed by atoms with van der Waals surface area (Å²) in [4.78, 5) is 0. The topological polar surface area (TPSA) is 72.4 Å². The summed E-state index contributed by atoms with van der Waals surface area (Å²) in [5, 5.41) is 0. The number of hydrogen-bond donors (Lipinski definition) is 0. The summed E-state index contributed by atoms with van der Waals surface area (Å²) in [5.41, 5.74) is 0.679. The van der Waals surface area contributed by atoms with E-state index in [9.17, 15) is 9.79 Å². The zero-order valence-corrected chi connectivity index (χ0v) is 14.7. The van der Waals surface area contributed by atoms with Crippen molar-refractivity contribution in [2.24, 2.45) is 0 Å². The molecule has 14 heavy (non-hydrogen) atoms. The zero-order valence-electron chi connectivity index (χ0n) is 8.17. The first-order chi connectivity index (χ1) is 5.58. The summed E-state index contributed by atoms with van der Waals surface area (Å²) in [6, 6.07) is 8.67. The first-order valence-electron chi connectivity index (χ1n) is 3.28. The maximum atomic E-state index is 10.1. The van der Waals surface area contributed by atoms with Crippen LogP contribution in [0.5, 0.6) is 0 Å². The van der Waals surface area contributed by atoms with Crippen molar-refractivity contribution >= 4 is 20.1 Å². The Morgan fingerprint density at radius 3 is 2.07 bits per heavy atom. The molecule has 0 aromatic heterocycles. The molecule has 7 heteroatoms. The maximum absolute atomic E-state index is 10.1. The molecule has 0 atom stereocenters. The monoisotopic (exact) mass is 322 g/mol. The third-order valence-electron chi connectivity index (χ3n) is 1.23. The molecule has 0 fully saturated rings. The molecule has 0 aliphatic rings. The first-order valence-corrected chi connectivity index (χ1v) is 7.45. The molecule has 0 saturated heterocycles. The van der Waals surface area contributed by atoms with E-state index in [1.807, 2.05) is 0 Å². The zero-order chi connectivity index (χ0) is 9.03. The number of hydrogen-bond acceptors (Lipinski definition) is 4. The van der Waals surface area contributed by atoms with Crippen LogP contribution in [0.25, 0.3) is 0 Å². The van der Waals surface area contributed by atoms with Gasteiger partial charge in [0.15, 0.2) is 0 Å². The predicted octanol–water partition coefficient (Wildman–Crippen LogP) is -7.20. The van der Waals surface area contributed by atoms with Gasteiger partial charge in [0.2, 0.25) is 0 Å². The van der Waals surface area contributed by atoms with Crippen molar-refractivity contribution in [3.05, 3.63) is 35.9 Å². The van der Waals surface area contributed by atoms with Gasteiger partial charge in [-0.15, -0.1) is 0 Å². The summed E-state index contributed by atoms with van der Waals surface area (Å²) in [7, 11) is 0. The fourth-order valence-electron chi connectivity index (χ4n) is 0.728. The van der Waals surface area contributed by atoms with Gasteiger partial charge in [0.05, 0.1) is 0 Å². The number of rotatable bonds is 3. The summed E-state index contributed by atoms with van der Waals surface area (Å²) in [6.45, 7) is -0.150. The van der Waals surface area contributed by atoms with Crippen molar-refractivity contribution in [2.75, 3.05) is 0 Å². The van der Waals surface area contributed by atoms with Crippen LogP contribution in [0.2, 0.25) is 0 Å². The van der Waals surface area contributed by atoms with Crippen molar-refractivity contribution < 1.29 is 71.9 Å². The average molecular weight is 323 g/mol. The Morgan fingerprint density at radius 2 is 1.64 bits per heavy atom. The van der Waals surface area contributed by atoms with E-state index in [1.54, 1.807) is 30.3 Å². The molecule has 4 nitrogen and oxygen atoms in total. The normalized spacial score (nSPS) is 9.86. The van der Waals surface area contributed by atoms with Gasteiger partial charge in [0.25, 0.3) is 0 Å². The second-order valence-corrected chi connectivity index (χ2v) is 5.50. The third-order valence-corrected chi connectivity index (χ3v) is 2.50. The summed E-state index contributed by atoms with van der Waals surface area (Å²) in [5.74, 6) is 0. The van der Waals surface area contributed by atoms with Crippen molar-refractivity contribution in [1.82, 2.24) is 0 Å². The van der Waals surface area contributed by atoms with Gasteiger partial charge in [-0.25, -0.2) is 0 Å². The van der Waals surface area contributed by atoms with Crippen molar-refractivity contribution in [2.45, 2.75) is 6.61 Å². The Kier molecular flexibility index (Phi) is 11.4. The molecule has 0 saturated carbocycles. The molecule has 0 amide bonds. The van der Waals surface area contributed by atoms with Gasteiger partial charge in [0, 0.05) is 0 Å². The second kappa shape index (κ2) is 8.82. The molecule has 0 heterocycles. The van der Waals surface area contributed by atoms with Crippen LogP contribution in [-0.2, 0) is 12.6 Å². The van der Waals surface area contributed by atoms with Crippen LogP contribution in [0.1, 0.15) is 5.56 Å².